The molecule has 136 valence electrons. The second-order valence-electron chi connectivity index (χ2n) is 7.18. The highest BCUT2D eigenvalue weighted by atomic mass is 32.1. The molecule has 1 aliphatic carbocycles. The molecule has 5 heteroatoms. The number of nitrogens with zero attached hydrogens (tertiary/aromatic N) is 1. The van der Waals surface area contributed by atoms with Crippen molar-refractivity contribution in [3.63, 3.8) is 0 Å². The molecule has 26 heavy (non-hydrogen) atoms. The maximum Gasteiger partial charge on any atom is 0.257 e. The molecule has 4 rings (SSSR count). The zero-order valence-electron chi connectivity index (χ0n) is 15.1. The van der Waals surface area contributed by atoms with Crippen LogP contribution in [0.3, 0.4) is 0 Å². The van der Waals surface area contributed by atoms with Crippen molar-refractivity contribution >= 4 is 28.2 Å². The summed E-state index contributed by atoms with van der Waals surface area (Å²) in [5.74, 6) is -0.0279. The summed E-state index contributed by atoms with van der Waals surface area (Å²) in [4.78, 5) is 29.2. The molecule has 1 saturated heterocycles. The van der Waals surface area contributed by atoms with E-state index in [0.717, 1.165) is 61.3 Å². The Morgan fingerprint density at radius 2 is 1.81 bits per heavy atom. The number of fused-ring (bicyclic) bond motifs is 1. The van der Waals surface area contributed by atoms with Crippen LogP contribution < -0.4 is 5.32 Å². The molecule has 1 N–H and O–H groups in total. The fraction of sp³-hybridized carbons (Fsp3) is 0.429. The fourth-order valence-corrected chi connectivity index (χ4v) is 5.25. The fourth-order valence-electron chi connectivity index (χ4n) is 3.97. The molecule has 0 spiro atoms. The van der Waals surface area contributed by atoms with Gasteiger partial charge in [0.05, 0.1) is 5.56 Å². The van der Waals surface area contributed by atoms with Crippen molar-refractivity contribution in [3.05, 3.63) is 51.4 Å². The second kappa shape index (κ2) is 7.23. The number of aryl methyl sites for hydroxylation is 2. The highest BCUT2D eigenvalue weighted by Gasteiger charge is 2.30. The molecule has 1 aromatic carbocycles. The number of carbonyl (C=O) groups is 2. The van der Waals surface area contributed by atoms with Gasteiger partial charge in [0.2, 0.25) is 0 Å². The second-order valence-corrected chi connectivity index (χ2v) is 8.29. The van der Waals surface area contributed by atoms with E-state index in [1.807, 2.05) is 36.1 Å². The van der Waals surface area contributed by atoms with Gasteiger partial charge in [-0.1, -0.05) is 18.2 Å². The summed E-state index contributed by atoms with van der Waals surface area (Å²) in [6.07, 6.45) is 6.41. The summed E-state index contributed by atoms with van der Waals surface area (Å²) in [7, 11) is 0. The first-order valence-electron chi connectivity index (χ1n) is 9.46. The maximum absolute atomic E-state index is 13.2. The normalized spacial score (nSPS) is 16.4. The maximum atomic E-state index is 13.2. The number of piperidine rings is 1. The zero-order valence-corrected chi connectivity index (χ0v) is 16.0. The number of benzene rings is 1. The van der Waals surface area contributed by atoms with Crippen LogP contribution in [0.4, 0.5) is 5.00 Å². The molecule has 0 saturated carbocycles. The predicted molar refractivity (Wildman–Crippen MR) is 105 cm³/mol. The molecule has 4 nitrogen and oxygen atoms in total. The third kappa shape index (κ3) is 3.16. The minimum atomic E-state index is -0.129. The molecule has 0 unspecified atom stereocenters. The molecule has 0 atom stereocenters. The van der Waals surface area contributed by atoms with E-state index in [0.29, 0.717) is 5.56 Å². The lowest BCUT2D eigenvalue weighted by Crippen LogP contribution is -2.36. The van der Waals surface area contributed by atoms with E-state index in [1.54, 1.807) is 11.3 Å². The Balaban J connectivity index is 1.65. The van der Waals surface area contributed by atoms with Gasteiger partial charge in [0.1, 0.15) is 5.00 Å². The lowest BCUT2D eigenvalue weighted by Gasteiger charge is -2.27. The summed E-state index contributed by atoms with van der Waals surface area (Å²) >= 11 is 1.59. The van der Waals surface area contributed by atoms with Crippen LogP contribution in [0, 0.1) is 6.92 Å². The molecule has 0 radical (unpaired) electrons. The highest BCUT2D eigenvalue weighted by molar-refractivity contribution is 7.17. The highest BCUT2D eigenvalue weighted by Crippen LogP contribution is 2.40. The van der Waals surface area contributed by atoms with Crippen molar-refractivity contribution in [1.82, 2.24) is 4.90 Å². The Labute approximate surface area is 158 Å². The Morgan fingerprint density at radius 1 is 1.04 bits per heavy atom. The standard InChI is InChI=1S/C21H24N2O2S/c1-14-8-3-4-9-15(14)19(24)22-20-18(16-10-7-11-17(16)26-20)21(25)23-12-5-2-6-13-23/h3-4,8-9H,2,5-7,10-13H2,1H3,(H,22,24). The summed E-state index contributed by atoms with van der Waals surface area (Å²) < 4.78 is 0. The van der Waals surface area contributed by atoms with Gasteiger partial charge in [-0.3, -0.25) is 9.59 Å². The first-order chi connectivity index (χ1) is 12.6. The van der Waals surface area contributed by atoms with Crippen LogP contribution in [0.1, 0.15) is 62.4 Å². The molecule has 2 heterocycles. The Kier molecular flexibility index (Phi) is 4.81. The molecule has 2 aromatic rings. The number of nitrogens with one attached hydrogen (secondary N) is 1. The number of amides is 2. The first kappa shape index (κ1) is 17.3. The minimum Gasteiger partial charge on any atom is -0.339 e. The van der Waals surface area contributed by atoms with E-state index in [1.165, 1.54) is 16.9 Å². The van der Waals surface area contributed by atoms with Gasteiger partial charge in [0.15, 0.2) is 0 Å². The van der Waals surface area contributed by atoms with E-state index in [4.69, 9.17) is 0 Å². The van der Waals surface area contributed by atoms with Crippen LogP contribution in [0.15, 0.2) is 24.3 Å². The predicted octanol–water partition coefficient (Wildman–Crippen LogP) is 4.42. The molecule has 2 amide bonds. The summed E-state index contributed by atoms with van der Waals surface area (Å²) in [5, 5.41) is 3.78. The smallest absolute Gasteiger partial charge is 0.257 e. The SMILES string of the molecule is Cc1ccccc1C(=O)Nc1sc2c(c1C(=O)N1CCCCC1)CCC2. The molecule has 2 aliphatic rings. The van der Waals surface area contributed by atoms with E-state index in [-0.39, 0.29) is 11.8 Å². The number of likely N-dealkylation sites (tertiary alicyclic amines) is 1. The Bertz CT molecular complexity index is 850. The van der Waals surface area contributed by atoms with Gasteiger partial charge in [0.25, 0.3) is 11.8 Å². The monoisotopic (exact) mass is 368 g/mol. The van der Waals surface area contributed by atoms with Crippen LogP contribution in [-0.4, -0.2) is 29.8 Å². The first-order valence-corrected chi connectivity index (χ1v) is 10.3. The van der Waals surface area contributed by atoms with Gasteiger partial charge in [-0.25, -0.2) is 0 Å². The Morgan fingerprint density at radius 3 is 2.58 bits per heavy atom. The topological polar surface area (TPSA) is 49.4 Å². The van der Waals surface area contributed by atoms with Crippen molar-refractivity contribution in [1.29, 1.82) is 0 Å². The van der Waals surface area contributed by atoms with Crippen molar-refractivity contribution < 1.29 is 9.59 Å². The van der Waals surface area contributed by atoms with Crippen molar-refractivity contribution in [2.24, 2.45) is 0 Å². The van der Waals surface area contributed by atoms with Gasteiger partial charge >= 0.3 is 0 Å². The van der Waals surface area contributed by atoms with Crippen molar-refractivity contribution in [3.8, 4) is 0 Å². The summed E-state index contributed by atoms with van der Waals surface area (Å²) in [6.45, 7) is 3.59. The molecule has 0 bridgehead atoms. The average Bonchev–Trinajstić information content (AvgIpc) is 3.23. The molecular weight excluding hydrogens is 344 g/mol. The van der Waals surface area contributed by atoms with Crippen LogP contribution in [0.5, 0.6) is 0 Å². The van der Waals surface area contributed by atoms with Crippen LogP contribution in [-0.2, 0) is 12.8 Å². The van der Waals surface area contributed by atoms with Gasteiger partial charge in [-0.05, 0) is 62.6 Å². The third-order valence-corrected chi connectivity index (χ3v) is 6.60. The van der Waals surface area contributed by atoms with Gasteiger partial charge in [-0.2, -0.15) is 0 Å². The molecular formula is C21H24N2O2S. The largest absolute Gasteiger partial charge is 0.339 e. The average molecular weight is 369 g/mol. The van der Waals surface area contributed by atoms with E-state index in [9.17, 15) is 9.59 Å². The lowest BCUT2D eigenvalue weighted by molar-refractivity contribution is 0.0725. The van der Waals surface area contributed by atoms with Gasteiger partial charge in [-0.15, -0.1) is 11.3 Å². The molecule has 1 aliphatic heterocycles. The number of rotatable bonds is 3. The van der Waals surface area contributed by atoms with Gasteiger partial charge in [0, 0.05) is 23.5 Å². The summed E-state index contributed by atoms with van der Waals surface area (Å²) in [5.41, 5.74) is 3.53. The van der Waals surface area contributed by atoms with Gasteiger partial charge < -0.3 is 10.2 Å². The quantitative estimate of drug-likeness (QED) is 0.872. The number of carbonyl (C=O) groups excluding carboxylic acids is 2. The van der Waals surface area contributed by atoms with E-state index < -0.39 is 0 Å². The number of hydrogen-bond donors (Lipinski definition) is 1. The third-order valence-electron chi connectivity index (χ3n) is 5.40. The number of thiophene rings is 1. The summed E-state index contributed by atoms with van der Waals surface area (Å²) in [6, 6.07) is 7.56. The van der Waals surface area contributed by atoms with E-state index in [2.05, 4.69) is 5.32 Å². The molecule has 1 aromatic heterocycles. The minimum absolute atomic E-state index is 0.101. The molecule has 1 fully saturated rings. The van der Waals surface area contributed by atoms with Crippen molar-refractivity contribution in [2.45, 2.75) is 45.4 Å². The Hall–Kier alpha value is -2.14. The van der Waals surface area contributed by atoms with E-state index >= 15 is 0 Å². The lowest BCUT2D eigenvalue weighted by atomic mass is 10.1. The number of anilines is 1. The zero-order chi connectivity index (χ0) is 18.1. The number of hydrogen-bond acceptors (Lipinski definition) is 3. The van der Waals surface area contributed by atoms with Crippen LogP contribution >= 0.6 is 11.3 Å². The van der Waals surface area contributed by atoms with Crippen LogP contribution in [0.25, 0.3) is 0 Å². The van der Waals surface area contributed by atoms with Crippen LogP contribution in [0.2, 0.25) is 0 Å². The van der Waals surface area contributed by atoms with Crippen molar-refractivity contribution in [2.75, 3.05) is 18.4 Å².